The first kappa shape index (κ1) is 21.9. The monoisotopic (exact) mass is 433 g/mol. The minimum atomic E-state index is -0.411. The average molecular weight is 434 g/mol. The largest absolute Gasteiger partial charge is 0.497 e. The van der Waals surface area contributed by atoms with Crippen molar-refractivity contribution in [2.24, 2.45) is 0 Å². The molecular weight excluding hydrogens is 414 g/mol. The van der Waals surface area contributed by atoms with E-state index in [0.29, 0.717) is 22.1 Å². The fourth-order valence-corrected chi connectivity index (χ4v) is 3.03. The SMILES string of the molecule is COc1ccc(CC(=O)Oc2ccc(/C=C(/C#N)c3ccc(Cl)cc3)cc2OC)cc1. The van der Waals surface area contributed by atoms with Gasteiger partial charge in [0.15, 0.2) is 11.5 Å². The average Bonchev–Trinajstić information content (AvgIpc) is 2.79. The smallest absolute Gasteiger partial charge is 0.315 e. The number of hydrogen-bond acceptors (Lipinski definition) is 5. The Kier molecular flexibility index (Phi) is 7.31. The number of halogens is 1. The molecule has 0 fully saturated rings. The molecule has 0 bridgehead atoms. The van der Waals surface area contributed by atoms with Crippen molar-refractivity contribution >= 4 is 29.2 Å². The molecule has 0 spiro atoms. The van der Waals surface area contributed by atoms with Gasteiger partial charge in [0.1, 0.15) is 5.75 Å². The highest BCUT2D eigenvalue weighted by Crippen LogP contribution is 2.30. The van der Waals surface area contributed by atoms with Crippen molar-refractivity contribution in [2.45, 2.75) is 6.42 Å². The Balaban J connectivity index is 1.76. The van der Waals surface area contributed by atoms with Crippen LogP contribution in [0.5, 0.6) is 17.2 Å². The molecule has 0 saturated carbocycles. The Bertz CT molecular complexity index is 1130. The van der Waals surface area contributed by atoms with Crippen LogP contribution in [0.3, 0.4) is 0 Å². The minimum Gasteiger partial charge on any atom is -0.497 e. The fourth-order valence-electron chi connectivity index (χ4n) is 2.90. The third-order valence-corrected chi connectivity index (χ3v) is 4.76. The van der Waals surface area contributed by atoms with Gasteiger partial charge in [-0.1, -0.05) is 41.9 Å². The number of hydrogen-bond donors (Lipinski definition) is 0. The Labute approximate surface area is 186 Å². The summed E-state index contributed by atoms with van der Waals surface area (Å²) in [5.74, 6) is 1.01. The zero-order valence-corrected chi connectivity index (χ0v) is 17.8. The fraction of sp³-hybridized carbons (Fsp3) is 0.120. The van der Waals surface area contributed by atoms with Crippen LogP contribution in [0.15, 0.2) is 66.7 Å². The second-order valence-electron chi connectivity index (χ2n) is 6.59. The molecule has 3 aromatic rings. The summed E-state index contributed by atoms with van der Waals surface area (Å²) in [5.41, 5.74) is 2.77. The zero-order valence-electron chi connectivity index (χ0n) is 17.1. The molecule has 0 aliphatic rings. The van der Waals surface area contributed by atoms with E-state index in [4.69, 9.17) is 25.8 Å². The predicted molar refractivity (Wildman–Crippen MR) is 120 cm³/mol. The number of carbonyl (C=O) groups is 1. The van der Waals surface area contributed by atoms with Gasteiger partial charge in [0.25, 0.3) is 0 Å². The molecular formula is C25H20ClNO4. The number of nitrogens with zero attached hydrogens (tertiary/aromatic N) is 1. The first-order chi connectivity index (χ1) is 15.0. The maximum Gasteiger partial charge on any atom is 0.315 e. The number of nitriles is 1. The summed E-state index contributed by atoms with van der Waals surface area (Å²) in [6.45, 7) is 0. The van der Waals surface area contributed by atoms with Crippen LogP contribution < -0.4 is 14.2 Å². The Hall–Kier alpha value is -3.75. The van der Waals surface area contributed by atoms with E-state index in [0.717, 1.165) is 22.4 Å². The van der Waals surface area contributed by atoms with Gasteiger partial charge in [-0.2, -0.15) is 5.26 Å². The van der Waals surface area contributed by atoms with E-state index in [1.165, 1.54) is 7.11 Å². The van der Waals surface area contributed by atoms with E-state index >= 15 is 0 Å². The molecule has 0 unspecified atom stereocenters. The highest BCUT2D eigenvalue weighted by molar-refractivity contribution is 6.30. The predicted octanol–water partition coefficient (Wildman–Crippen LogP) is 5.57. The summed E-state index contributed by atoms with van der Waals surface area (Å²) in [4.78, 5) is 12.4. The van der Waals surface area contributed by atoms with Crippen LogP contribution in [0.4, 0.5) is 0 Å². The van der Waals surface area contributed by atoms with E-state index in [1.807, 2.05) is 12.1 Å². The van der Waals surface area contributed by atoms with Gasteiger partial charge in [0.05, 0.1) is 32.3 Å². The molecule has 0 amide bonds. The first-order valence-corrected chi connectivity index (χ1v) is 9.79. The van der Waals surface area contributed by atoms with Crippen LogP contribution >= 0.6 is 11.6 Å². The number of ether oxygens (including phenoxy) is 3. The first-order valence-electron chi connectivity index (χ1n) is 9.41. The van der Waals surface area contributed by atoms with Crippen molar-refractivity contribution in [2.75, 3.05) is 14.2 Å². The van der Waals surface area contributed by atoms with Crippen molar-refractivity contribution in [3.8, 4) is 23.3 Å². The highest BCUT2D eigenvalue weighted by Gasteiger charge is 2.12. The van der Waals surface area contributed by atoms with Gasteiger partial charge < -0.3 is 14.2 Å². The lowest BCUT2D eigenvalue weighted by Gasteiger charge is -2.10. The number of methoxy groups -OCH3 is 2. The number of rotatable bonds is 7. The normalized spacial score (nSPS) is 10.8. The standard InChI is InChI=1S/C25H20ClNO4/c1-29-22-10-3-17(4-11-22)15-25(28)31-23-12-5-18(14-24(23)30-2)13-20(16-27)19-6-8-21(26)9-7-19/h3-14H,15H2,1-2H3/b20-13-. The number of allylic oxidation sites excluding steroid dienone is 1. The van der Waals surface area contributed by atoms with E-state index in [9.17, 15) is 10.1 Å². The molecule has 0 atom stereocenters. The molecule has 6 heteroatoms. The summed E-state index contributed by atoms with van der Waals surface area (Å²) in [6.07, 6.45) is 1.85. The lowest BCUT2D eigenvalue weighted by molar-refractivity contribution is -0.133. The summed E-state index contributed by atoms with van der Waals surface area (Å²) in [5, 5.41) is 10.1. The molecule has 3 aromatic carbocycles. The third-order valence-electron chi connectivity index (χ3n) is 4.51. The van der Waals surface area contributed by atoms with Gasteiger partial charge in [0, 0.05) is 5.02 Å². The molecule has 0 aromatic heterocycles. The second-order valence-corrected chi connectivity index (χ2v) is 7.02. The molecule has 31 heavy (non-hydrogen) atoms. The van der Waals surface area contributed by atoms with E-state index in [1.54, 1.807) is 67.8 Å². The number of esters is 1. The maximum atomic E-state index is 12.4. The second kappa shape index (κ2) is 10.3. The van der Waals surface area contributed by atoms with Gasteiger partial charge in [0.2, 0.25) is 0 Å². The van der Waals surface area contributed by atoms with Crippen molar-refractivity contribution < 1.29 is 19.0 Å². The van der Waals surface area contributed by atoms with Crippen molar-refractivity contribution in [1.29, 1.82) is 5.26 Å². The molecule has 0 radical (unpaired) electrons. The molecule has 156 valence electrons. The lowest BCUT2D eigenvalue weighted by atomic mass is 10.0. The molecule has 0 heterocycles. The molecule has 5 nitrogen and oxygen atoms in total. The maximum absolute atomic E-state index is 12.4. The molecule has 0 aliphatic carbocycles. The van der Waals surface area contributed by atoms with Crippen molar-refractivity contribution in [3.05, 3.63) is 88.4 Å². The minimum absolute atomic E-state index is 0.115. The van der Waals surface area contributed by atoms with Crippen LogP contribution in [0.25, 0.3) is 11.6 Å². The Morgan fingerprint density at radius 1 is 0.968 bits per heavy atom. The van der Waals surface area contributed by atoms with E-state index < -0.39 is 5.97 Å². The molecule has 0 aliphatic heterocycles. The molecule has 3 rings (SSSR count). The Morgan fingerprint density at radius 2 is 1.68 bits per heavy atom. The van der Waals surface area contributed by atoms with Gasteiger partial charge in [-0.15, -0.1) is 0 Å². The van der Waals surface area contributed by atoms with Crippen LogP contribution in [0.1, 0.15) is 16.7 Å². The van der Waals surface area contributed by atoms with Gasteiger partial charge in [-0.25, -0.2) is 0 Å². The van der Waals surface area contributed by atoms with E-state index in [-0.39, 0.29) is 6.42 Å². The van der Waals surface area contributed by atoms with Crippen LogP contribution in [-0.2, 0) is 11.2 Å². The molecule has 0 saturated heterocycles. The molecule has 0 N–H and O–H groups in total. The summed E-state index contributed by atoms with van der Waals surface area (Å²) >= 11 is 5.92. The van der Waals surface area contributed by atoms with Gasteiger partial charge in [-0.3, -0.25) is 4.79 Å². The lowest BCUT2D eigenvalue weighted by Crippen LogP contribution is -2.12. The quantitative estimate of drug-likeness (QED) is 0.211. The van der Waals surface area contributed by atoms with Gasteiger partial charge >= 0.3 is 5.97 Å². The number of carbonyl (C=O) groups excluding carboxylic acids is 1. The summed E-state index contributed by atoms with van der Waals surface area (Å²) < 4.78 is 16.0. The third kappa shape index (κ3) is 5.88. The van der Waals surface area contributed by atoms with Crippen LogP contribution in [0.2, 0.25) is 5.02 Å². The van der Waals surface area contributed by atoms with Crippen molar-refractivity contribution in [1.82, 2.24) is 0 Å². The van der Waals surface area contributed by atoms with E-state index in [2.05, 4.69) is 6.07 Å². The summed E-state index contributed by atoms with van der Waals surface area (Å²) in [6, 6.07) is 21.5. The topological polar surface area (TPSA) is 68.5 Å². The van der Waals surface area contributed by atoms with Crippen molar-refractivity contribution in [3.63, 3.8) is 0 Å². The summed E-state index contributed by atoms with van der Waals surface area (Å²) in [7, 11) is 3.08. The highest BCUT2D eigenvalue weighted by atomic mass is 35.5. The van der Waals surface area contributed by atoms with Gasteiger partial charge in [-0.05, 0) is 59.2 Å². The van der Waals surface area contributed by atoms with Crippen LogP contribution in [-0.4, -0.2) is 20.2 Å². The zero-order chi connectivity index (χ0) is 22.2. The number of benzene rings is 3. The van der Waals surface area contributed by atoms with Crippen LogP contribution in [0, 0.1) is 11.3 Å². The Morgan fingerprint density at radius 3 is 2.29 bits per heavy atom.